The first-order chi connectivity index (χ1) is 7.63. The molecule has 2 rings (SSSR count). The van der Waals surface area contributed by atoms with Crippen LogP contribution in [0.1, 0.15) is 5.56 Å². The zero-order valence-electron chi connectivity index (χ0n) is 8.95. The van der Waals surface area contributed by atoms with Crippen LogP contribution in [0.2, 0.25) is 5.02 Å². The van der Waals surface area contributed by atoms with Crippen molar-refractivity contribution in [3.05, 3.63) is 28.8 Å². The van der Waals surface area contributed by atoms with E-state index in [1.807, 2.05) is 25.1 Å². The van der Waals surface area contributed by atoms with Crippen LogP contribution in [-0.2, 0) is 0 Å². The van der Waals surface area contributed by atoms with Gasteiger partial charge in [-0.2, -0.15) is 0 Å². The summed E-state index contributed by atoms with van der Waals surface area (Å²) in [6.45, 7) is 1.96. The molecule has 1 aromatic heterocycles. The Kier molecular flexibility index (Phi) is 2.75. The van der Waals surface area contributed by atoms with E-state index in [1.165, 1.54) is 0 Å². The number of benzene rings is 1. The van der Waals surface area contributed by atoms with Gasteiger partial charge in [0.15, 0.2) is 11.6 Å². The van der Waals surface area contributed by atoms with Crippen molar-refractivity contribution in [1.29, 1.82) is 0 Å². The lowest BCUT2D eigenvalue weighted by molar-refractivity contribution is 0.410. The summed E-state index contributed by atoms with van der Waals surface area (Å²) >= 11 is 5.96. The molecule has 0 radical (unpaired) electrons. The minimum Gasteiger partial charge on any atom is -0.496 e. The van der Waals surface area contributed by atoms with E-state index in [4.69, 9.17) is 26.6 Å². The van der Waals surface area contributed by atoms with Gasteiger partial charge in [-0.05, 0) is 18.6 Å². The van der Waals surface area contributed by atoms with Crippen LogP contribution in [0.25, 0.3) is 11.3 Å². The molecule has 4 nitrogen and oxygen atoms in total. The Bertz CT molecular complexity index is 523. The number of nitrogen functional groups attached to an aromatic ring is 1. The number of nitrogens with two attached hydrogens (primary N) is 1. The Hall–Kier alpha value is -1.68. The third kappa shape index (κ3) is 1.72. The molecule has 1 heterocycles. The molecule has 0 aliphatic rings. The van der Waals surface area contributed by atoms with Crippen molar-refractivity contribution in [2.45, 2.75) is 6.92 Å². The van der Waals surface area contributed by atoms with E-state index in [0.717, 1.165) is 16.9 Å². The van der Waals surface area contributed by atoms with Gasteiger partial charge in [-0.25, -0.2) is 0 Å². The van der Waals surface area contributed by atoms with E-state index in [1.54, 1.807) is 7.11 Å². The van der Waals surface area contributed by atoms with Crippen LogP contribution in [0, 0.1) is 6.92 Å². The van der Waals surface area contributed by atoms with Crippen molar-refractivity contribution in [2.24, 2.45) is 0 Å². The summed E-state index contributed by atoms with van der Waals surface area (Å²) in [4.78, 5) is 0. The molecule has 0 saturated heterocycles. The number of halogens is 1. The molecular formula is C11H11ClN2O2. The highest BCUT2D eigenvalue weighted by Gasteiger charge is 2.14. The molecular weight excluding hydrogens is 228 g/mol. The van der Waals surface area contributed by atoms with Crippen molar-refractivity contribution >= 4 is 17.4 Å². The van der Waals surface area contributed by atoms with E-state index >= 15 is 0 Å². The maximum Gasteiger partial charge on any atom is 0.187 e. The van der Waals surface area contributed by atoms with Crippen LogP contribution in [0.3, 0.4) is 0 Å². The molecule has 0 aliphatic heterocycles. The molecule has 84 valence electrons. The topological polar surface area (TPSA) is 61.3 Å². The summed E-state index contributed by atoms with van der Waals surface area (Å²) in [6.07, 6.45) is 0. The van der Waals surface area contributed by atoms with Crippen LogP contribution >= 0.6 is 11.6 Å². The predicted molar refractivity (Wildman–Crippen MR) is 62.7 cm³/mol. The number of nitrogens with zero attached hydrogens (tertiary/aromatic N) is 1. The van der Waals surface area contributed by atoms with Crippen molar-refractivity contribution < 1.29 is 9.26 Å². The molecule has 2 aromatic rings. The number of hydrogen-bond donors (Lipinski definition) is 1. The van der Waals surface area contributed by atoms with E-state index < -0.39 is 0 Å². The first-order valence-corrected chi connectivity index (χ1v) is 5.07. The Morgan fingerprint density at radius 2 is 2.19 bits per heavy atom. The normalized spacial score (nSPS) is 10.4. The SMILES string of the molecule is COc1cc(-c2onc(N)c2Cl)ccc1C. The fraction of sp³-hybridized carbons (Fsp3) is 0.182. The van der Waals surface area contributed by atoms with Crippen molar-refractivity contribution in [2.75, 3.05) is 12.8 Å². The first kappa shape index (κ1) is 10.8. The second-order valence-electron chi connectivity index (χ2n) is 3.40. The van der Waals surface area contributed by atoms with Gasteiger partial charge in [0.2, 0.25) is 0 Å². The lowest BCUT2D eigenvalue weighted by Crippen LogP contribution is -1.88. The number of hydrogen-bond acceptors (Lipinski definition) is 4. The van der Waals surface area contributed by atoms with E-state index in [2.05, 4.69) is 5.16 Å². The second kappa shape index (κ2) is 4.06. The number of aryl methyl sites for hydroxylation is 1. The smallest absolute Gasteiger partial charge is 0.187 e. The van der Waals surface area contributed by atoms with Gasteiger partial charge in [-0.15, -0.1) is 0 Å². The van der Waals surface area contributed by atoms with Gasteiger partial charge in [0.05, 0.1) is 7.11 Å². The monoisotopic (exact) mass is 238 g/mol. The summed E-state index contributed by atoms with van der Waals surface area (Å²) in [7, 11) is 1.61. The highest BCUT2D eigenvalue weighted by atomic mass is 35.5. The Morgan fingerprint density at radius 1 is 1.44 bits per heavy atom. The fourth-order valence-electron chi connectivity index (χ4n) is 1.43. The quantitative estimate of drug-likeness (QED) is 0.874. The van der Waals surface area contributed by atoms with Crippen molar-refractivity contribution in [1.82, 2.24) is 5.16 Å². The highest BCUT2D eigenvalue weighted by molar-refractivity contribution is 6.35. The summed E-state index contributed by atoms with van der Waals surface area (Å²) in [5, 5.41) is 3.93. The van der Waals surface area contributed by atoms with Crippen LogP contribution in [0.5, 0.6) is 5.75 Å². The zero-order chi connectivity index (χ0) is 11.7. The molecule has 0 unspecified atom stereocenters. The molecule has 0 aliphatic carbocycles. The largest absolute Gasteiger partial charge is 0.496 e. The molecule has 0 spiro atoms. The molecule has 0 amide bonds. The maximum atomic E-state index is 5.96. The predicted octanol–water partition coefficient (Wildman–Crippen LogP) is 2.89. The number of anilines is 1. The molecule has 1 aromatic carbocycles. The van der Waals surface area contributed by atoms with Gasteiger partial charge in [0, 0.05) is 5.56 Å². The standard InChI is InChI=1S/C11H11ClN2O2/c1-6-3-4-7(5-8(6)15-2)10-9(12)11(13)14-16-10/h3-5H,1-2H3,(H2,13,14). The highest BCUT2D eigenvalue weighted by Crippen LogP contribution is 2.34. The molecule has 0 bridgehead atoms. The Morgan fingerprint density at radius 3 is 2.75 bits per heavy atom. The Balaban J connectivity index is 2.52. The van der Waals surface area contributed by atoms with Gasteiger partial charge < -0.3 is 15.0 Å². The van der Waals surface area contributed by atoms with Crippen LogP contribution in [-0.4, -0.2) is 12.3 Å². The van der Waals surface area contributed by atoms with Crippen molar-refractivity contribution in [3.8, 4) is 17.1 Å². The molecule has 2 N–H and O–H groups in total. The van der Waals surface area contributed by atoms with Gasteiger partial charge in [-0.3, -0.25) is 0 Å². The molecule has 5 heteroatoms. The number of rotatable bonds is 2. The van der Waals surface area contributed by atoms with Crippen LogP contribution < -0.4 is 10.5 Å². The molecule has 0 saturated carbocycles. The summed E-state index contributed by atoms with van der Waals surface area (Å²) in [5.41, 5.74) is 7.34. The maximum absolute atomic E-state index is 5.96. The average molecular weight is 239 g/mol. The minimum atomic E-state index is 0.191. The Labute approximate surface area is 97.9 Å². The number of ether oxygens (including phenoxy) is 1. The second-order valence-corrected chi connectivity index (χ2v) is 3.77. The third-order valence-corrected chi connectivity index (χ3v) is 2.70. The lowest BCUT2D eigenvalue weighted by atomic mass is 10.1. The number of aromatic nitrogens is 1. The van der Waals surface area contributed by atoms with Gasteiger partial charge in [-0.1, -0.05) is 28.9 Å². The van der Waals surface area contributed by atoms with E-state index in [0.29, 0.717) is 10.8 Å². The van der Waals surface area contributed by atoms with Gasteiger partial charge in [0.25, 0.3) is 0 Å². The lowest BCUT2D eigenvalue weighted by Gasteiger charge is -2.05. The number of methoxy groups -OCH3 is 1. The average Bonchev–Trinajstić information content (AvgIpc) is 2.61. The minimum absolute atomic E-state index is 0.191. The van der Waals surface area contributed by atoms with E-state index in [9.17, 15) is 0 Å². The summed E-state index contributed by atoms with van der Waals surface area (Å²) < 4.78 is 10.3. The third-order valence-electron chi connectivity index (χ3n) is 2.33. The first-order valence-electron chi connectivity index (χ1n) is 4.69. The molecule has 0 atom stereocenters. The fourth-order valence-corrected chi connectivity index (χ4v) is 1.61. The van der Waals surface area contributed by atoms with Crippen molar-refractivity contribution in [3.63, 3.8) is 0 Å². The van der Waals surface area contributed by atoms with Crippen LogP contribution in [0.4, 0.5) is 5.82 Å². The van der Waals surface area contributed by atoms with Gasteiger partial charge >= 0.3 is 0 Å². The molecule has 0 fully saturated rings. The molecule has 16 heavy (non-hydrogen) atoms. The van der Waals surface area contributed by atoms with E-state index in [-0.39, 0.29) is 5.82 Å². The summed E-state index contributed by atoms with van der Waals surface area (Å²) in [5.74, 6) is 1.41. The van der Waals surface area contributed by atoms with Crippen LogP contribution in [0.15, 0.2) is 22.7 Å². The van der Waals surface area contributed by atoms with Gasteiger partial charge in [0.1, 0.15) is 10.8 Å². The summed E-state index contributed by atoms with van der Waals surface area (Å²) in [6, 6.07) is 5.63. The zero-order valence-corrected chi connectivity index (χ0v) is 9.71.